The molecule has 0 atom stereocenters. The molecule has 2 aliphatic rings. The molecular weight excluding hydrogens is 1190 g/mol. The van der Waals surface area contributed by atoms with Gasteiger partial charge < -0.3 is 9.80 Å². The molecule has 3 heterocycles. The summed E-state index contributed by atoms with van der Waals surface area (Å²) in [6.45, 7) is -0.190. The summed E-state index contributed by atoms with van der Waals surface area (Å²) in [5.41, 5.74) is 34.5. The minimum atomic E-state index is -0.190. The van der Waals surface area contributed by atoms with Gasteiger partial charge in [-0.1, -0.05) is 291 Å². The zero-order chi connectivity index (χ0) is 65.6. The third-order valence-electron chi connectivity index (χ3n) is 19.8. The first-order valence-corrected chi connectivity index (χ1v) is 34.1. The van der Waals surface area contributed by atoms with E-state index in [0.29, 0.717) is 0 Å². The predicted molar refractivity (Wildman–Crippen MR) is 418 cm³/mol. The summed E-state index contributed by atoms with van der Waals surface area (Å²) in [6.07, 6.45) is 0. The average Bonchev–Trinajstić information content (AvgIpc) is 0.695. The molecule has 1 aromatic heterocycles. The lowest BCUT2D eigenvalue weighted by Crippen LogP contribution is -2.61. The Bertz CT molecular complexity index is 5160. The first-order chi connectivity index (χ1) is 49.0. The van der Waals surface area contributed by atoms with Gasteiger partial charge in [-0.2, -0.15) is 0 Å². The maximum absolute atomic E-state index is 6.02. The Kier molecular flexibility index (Phi) is 15.0. The third-order valence-corrected chi connectivity index (χ3v) is 19.8. The van der Waals surface area contributed by atoms with Crippen LogP contribution in [0.3, 0.4) is 0 Å². The summed E-state index contributed by atoms with van der Waals surface area (Å²) >= 11 is 0. The average molecular weight is 1260 g/mol. The standard InChI is InChI=1S/C95H64BN3/c1-9-25-65(26-10-1)73-41-47-85(48-42-73)98-91-51-45-75(67-29-13-3-14-30-67)59-87(91)96-88-60-76(68-31-15-4-16-32-68)46-52-92(88)99(86-49-43-74(44-50-86)66-27-11-2-12-28-66)94-64-84(63-93(98)95(94)96)90-62-82(81-55-77(69-33-17-5-18-34-69)53-78(56-81)70-35-19-6-20-36-70)61-89(97-90)83-57-79(71-37-21-7-22-38-71)54-80(58-83)72-39-23-8-24-40-72/h1-64H. The zero-order valence-corrected chi connectivity index (χ0v) is 54.4. The van der Waals surface area contributed by atoms with Gasteiger partial charge in [-0.05, 0) is 214 Å². The molecule has 0 fully saturated rings. The first-order valence-electron chi connectivity index (χ1n) is 34.1. The second-order valence-electron chi connectivity index (χ2n) is 25.8. The van der Waals surface area contributed by atoms with E-state index in [1.54, 1.807) is 0 Å². The van der Waals surface area contributed by atoms with Gasteiger partial charge in [0.1, 0.15) is 0 Å². The number of nitrogens with zero attached hydrogens (tertiary/aromatic N) is 3. The molecule has 0 saturated heterocycles. The molecule has 99 heavy (non-hydrogen) atoms. The summed E-state index contributed by atoms with van der Waals surface area (Å²) in [6, 6.07) is 143. The van der Waals surface area contributed by atoms with Crippen molar-refractivity contribution in [2.75, 3.05) is 9.80 Å². The second kappa shape index (κ2) is 25.4. The quantitative estimate of drug-likeness (QED) is 0.107. The Balaban J connectivity index is 0.939. The Labute approximate surface area is 579 Å². The van der Waals surface area contributed by atoms with Gasteiger partial charge in [-0.3, -0.25) is 0 Å². The first kappa shape index (κ1) is 58.7. The lowest BCUT2D eigenvalue weighted by molar-refractivity contribution is 1.25. The lowest BCUT2D eigenvalue weighted by Gasteiger charge is -2.44. The van der Waals surface area contributed by atoms with E-state index >= 15 is 0 Å². The van der Waals surface area contributed by atoms with Crippen LogP contribution < -0.4 is 26.2 Å². The highest BCUT2D eigenvalue weighted by Crippen LogP contribution is 2.49. The monoisotopic (exact) mass is 1260 g/mol. The SMILES string of the molecule is c1ccc(-c2ccc(N3c4ccc(-c5ccccc5)cc4B4c5cc(-c6ccccc6)ccc5N(c5ccc(-c6ccccc6)cc5)c5cc(-c6cc(-c7cc(-c8ccccc8)cc(-c8ccccc8)c7)cc(-c7cc(-c8ccccc8)cc(-c8ccccc8)c7)n6)cc3c54)cc2)cc1. The summed E-state index contributed by atoms with van der Waals surface area (Å²) in [5.74, 6) is 0. The largest absolute Gasteiger partial charge is 0.311 e. The van der Waals surface area contributed by atoms with Gasteiger partial charge in [0.05, 0.1) is 11.4 Å². The van der Waals surface area contributed by atoms with Crippen molar-refractivity contribution < 1.29 is 0 Å². The van der Waals surface area contributed by atoms with Crippen LogP contribution >= 0.6 is 0 Å². The summed E-state index contributed by atoms with van der Waals surface area (Å²) in [4.78, 5) is 11.1. The molecule has 0 aliphatic carbocycles. The number of benzene rings is 15. The number of rotatable bonds is 13. The van der Waals surface area contributed by atoms with E-state index in [1.807, 2.05) is 0 Å². The van der Waals surface area contributed by atoms with Crippen LogP contribution in [0.5, 0.6) is 0 Å². The van der Waals surface area contributed by atoms with Crippen LogP contribution in [-0.4, -0.2) is 11.7 Å². The fourth-order valence-corrected chi connectivity index (χ4v) is 14.9. The highest BCUT2D eigenvalue weighted by Gasteiger charge is 2.44. The molecule has 4 heteroatoms. The van der Waals surface area contributed by atoms with Crippen molar-refractivity contribution in [3.63, 3.8) is 0 Å². The van der Waals surface area contributed by atoms with Gasteiger partial charge in [0.25, 0.3) is 6.71 Å². The molecule has 16 aromatic rings. The summed E-state index contributed by atoms with van der Waals surface area (Å²) in [7, 11) is 0. The van der Waals surface area contributed by atoms with E-state index in [1.165, 1.54) is 49.8 Å². The van der Waals surface area contributed by atoms with Crippen LogP contribution in [0.4, 0.5) is 34.1 Å². The van der Waals surface area contributed by atoms with Crippen LogP contribution in [0.2, 0.25) is 0 Å². The van der Waals surface area contributed by atoms with E-state index < -0.39 is 0 Å². The topological polar surface area (TPSA) is 19.4 Å². The normalized spacial score (nSPS) is 12.0. The minimum absolute atomic E-state index is 0.190. The molecule has 0 amide bonds. The smallest absolute Gasteiger partial charge is 0.252 e. The minimum Gasteiger partial charge on any atom is -0.311 e. The third kappa shape index (κ3) is 11.2. The summed E-state index contributed by atoms with van der Waals surface area (Å²) < 4.78 is 0. The number of aromatic nitrogens is 1. The highest BCUT2D eigenvalue weighted by molar-refractivity contribution is 7.00. The number of hydrogen-bond acceptors (Lipinski definition) is 3. The van der Waals surface area contributed by atoms with Crippen molar-refractivity contribution in [3.8, 4) is 123 Å². The Morgan fingerprint density at radius 3 is 0.717 bits per heavy atom. The maximum atomic E-state index is 6.02. The molecule has 462 valence electrons. The van der Waals surface area contributed by atoms with Gasteiger partial charge in [0.2, 0.25) is 0 Å². The fraction of sp³-hybridized carbons (Fsp3) is 0. The van der Waals surface area contributed by atoms with Crippen molar-refractivity contribution in [1.29, 1.82) is 0 Å². The van der Waals surface area contributed by atoms with E-state index in [4.69, 9.17) is 4.98 Å². The van der Waals surface area contributed by atoms with Crippen molar-refractivity contribution >= 4 is 57.2 Å². The van der Waals surface area contributed by atoms with Gasteiger partial charge in [0.15, 0.2) is 0 Å². The molecule has 0 unspecified atom stereocenters. The van der Waals surface area contributed by atoms with Crippen molar-refractivity contribution in [2.45, 2.75) is 0 Å². The maximum Gasteiger partial charge on any atom is 0.252 e. The van der Waals surface area contributed by atoms with Gasteiger partial charge in [-0.15, -0.1) is 0 Å². The molecule has 0 saturated carbocycles. The summed E-state index contributed by atoms with van der Waals surface area (Å²) in [5, 5.41) is 0. The molecule has 3 nitrogen and oxygen atoms in total. The molecule has 0 radical (unpaired) electrons. The Morgan fingerprint density at radius 1 is 0.172 bits per heavy atom. The van der Waals surface area contributed by atoms with Crippen LogP contribution in [0.25, 0.3) is 123 Å². The van der Waals surface area contributed by atoms with E-state index in [9.17, 15) is 0 Å². The molecule has 0 N–H and O–H groups in total. The number of pyridine rings is 1. The molecule has 15 aromatic carbocycles. The van der Waals surface area contributed by atoms with Crippen LogP contribution in [0.15, 0.2) is 388 Å². The van der Waals surface area contributed by atoms with E-state index in [-0.39, 0.29) is 6.71 Å². The van der Waals surface area contributed by atoms with Crippen LogP contribution in [-0.2, 0) is 0 Å². The zero-order valence-electron chi connectivity index (χ0n) is 54.4. The lowest BCUT2D eigenvalue weighted by atomic mass is 9.33. The fourth-order valence-electron chi connectivity index (χ4n) is 14.9. The van der Waals surface area contributed by atoms with Gasteiger partial charge in [-0.25, -0.2) is 4.98 Å². The number of fused-ring (bicyclic) bond motifs is 4. The second-order valence-corrected chi connectivity index (χ2v) is 25.8. The molecule has 0 spiro atoms. The molecule has 2 aliphatic heterocycles. The predicted octanol–water partition coefficient (Wildman–Crippen LogP) is 23.5. The van der Waals surface area contributed by atoms with Crippen LogP contribution in [0.1, 0.15) is 0 Å². The molecular formula is C95H64BN3. The van der Waals surface area contributed by atoms with Crippen LogP contribution in [0, 0.1) is 0 Å². The molecule has 0 bridgehead atoms. The van der Waals surface area contributed by atoms with E-state index in [0.717, 1.165) is 123 Å². The Hall–Kier alpha value is -12.9. The van der Waals surface area contributed by atoms with Gasteiger partial charge in [0, 0.05) is 45.3 Å². The number of anilines is 6. The Morgan fingerprint density at radius 2 is 0.404 bits per heavy atom. The van der Waals surface area contributed by atoms with Crippen molar-refractivity contribution in [2.24, 2.45) is 0 Å². The van der Waals surface area contributed by atoms with Gasteiger partial charge >= 0.3 is 0 Å². The van der Waals surface area contributed by atoms with Crippen molar-refractivity contribution in [3.05, 3.63) is 388 Å². The molecule has 18 rings (SSSR count). The highest BCUT2D eigenvalue weighted by atomic mass is 15.2. The number of hydrogen-bond donors (Lipinski definition) is 0. The van der Waals surface area contributed by atoms with Crippen molar-refractivity contribution in [1.82, 2.24) is 4.98 Å². The van der Waals surface area contributed by atoms with E-state index in [2.05, 4.69) is 398 Å².